The van der Waals surface area contributed by atoms with E-state index >= 15 is 0 Å². The zero-order valence-corrected chi connectivity index (χ0v) is 11.8. The monoisotopic (exact) mass is 267 g/mol. The van der Waals surface area contributed by atoms with Crippen molar-refractivity contribution in [2.75, 3.05) is 31.2 Å². The minimum absolute atomic E-state index is 0.717. The highest BCUT2D eigenvalue weighted by molar-refractivity contribution is 5.91. The molecule has 3 rings (SSSR count). The number of aromatic nitrogens is 1. The molecule has 1 saturated heterocycles. The van der Waals surface area contributed by atoms with Gasteiger partial charge in [-0.15, -0.1) is 0 Å². The van der Waals surface area contributed by atoms with Crippen molar-refractivity contribution in [2.45, 2.75) is 13.8 Å². The lowest BCUT2D eigenvalue weighted by molar-refractivity contribution is 0.122. The summed E-state index contributed by atoms with van der Waals surface area (Å²) in [4.78, 5) is 7.00. The molecule has 4 nitrogen and oxygen atoms in total. The number of benzene rings is 1. The van der Waals surface area contributed by atoms with Crippen LogP contribution in [-0.4, -0.2) is 31.3 Å². The largest absolute Gasteiger partial charge is 0.378 e. The number of hydrogen-bond donors (Lipinski definition) is 0. The third kappa shape index (κ3) is 2.00. The lowest BCUT2D eigenvalue weighted by atomic mass is 10.00. The van der Waals surface area contributed by atoms with E-state index in [-0.39, 0.29) is 0 Å². The average molecular weight is 267 g/mol. The first-order valence-electron chi connectivity index (χ1n) is 6.85. The van der Waals surface area contributed by atoms with Gasteiger partial charge in [-0.05, 0) is 25.5 Å². The van der Waals surface area contributed by atoms with Gasteiger partial charge in [0.25, 0.3) is 0 Å². The van der Waals surface area contributed by atoms with Crippen LogP contribution in [0.3, 0.4) is 0 Å². The van der Waals surface area contributed by atoms with Gasteiger partial charge in [0, 0.05) is 24.0 Å². The predicted molar refractivity (Wildman–Crippen MR) is 79.0 cm³/mol. The molecule has 102 valence electrons. The molecule has 0 unspecified atom stereocenters. The molecule has 1 aliphatic heterocycles. The first-order chi connectivity index (χ1) is 9.72. The van der Waals surface area contributed by atoms with Gasteiger partial charge in [-0.2, -0.15) is 5.26 Å². The summed E-state index contributed by atoms with van der Waals surface area (Å²) in [6.07, 6.45) is 0. The van der Waals surface area contributed by atoms with Gasteiger partial charge in [0.05, 0.1) is 24.3 Å². The fourth-order valence-corrected chi connectivity index (χ4v) is 2.79. The van der Waals surface area contributed by atoms with E-state index in [9.17, 15) is 5.26 Å². The van der Waals surface area contributed by atoms with Crippen molar-refractivity contribution in [1.82, 2.24) is 4.98 Å². The number of fused-ring (bicyclic) bond motifs is 1. The second-order valence-electron chi connectivity index (χ2n) is 5.12. The Hall–Kier alpha value is -2.12. The summed E-state index contributed by atoms with van der Waals surface area (Å²) in [7, 11) is 0. The Balaban J connectivity index is 2.24. The minimum atomic E-state index is 0.717. The first kappa shape index (κ1) is 12.9. The number of pyridine rings is 1. The molecule has 2 heterocycles. The Bertz CT molecular complexity index is 697. The lowest BCUT2D eigenvalue weighted by Crippen LogP contribution is -2.37. The zero-order valence-electron chi connectivity index (χ0n) is 11.8. The Labute approximate surface area is 118 Å². The molecule has 0 amide bonds. The zero-order chi connectivity index (χ0) is 14.1. The Morgan fingerprint density at radius 2 is 2.00 bits per heavy atom. The van der Waals surface area contributed by atoms with Gasteiger partial charge in [0.2, 0.25) is 0 Å². The van der Waals surface area contributed by atoms with Crippen LogP contribution < -0.4 is 4.90 Å². The predicted octanol–water partition coefficient (Wildman–Crippen LogP) is 2.56. The van der Waals surface area contributed by atoms with E-state index in [4.69, 9.17) is 9.72 Å². The van der Waals surface area contributed by atoms with E-state index in [0.29, 0.717) is 0 Å². The van der Waals surface area contributed by atoms with Crippen LogP contribution in [-0.2, 0) is 4.74 Å². The maximum Gasteiger partial charge on any atom is 0.133 e. The van der Waals surface area contributed by atoms with Crippen LogP contribution in [0.5, 0.6) is 0 Å². The van der Waals surface area contributed by atoms with Gasteiger partial charge in [0.1, 0.15) is 11.9 Å². The van der Waals surface area contributed by atoms with Gasteiger partial charge < -0.3 is 9.64 Å². The summed E-state index contributed by atoms with van der Waals surface area (Å²) in [5.41, 5.74) is 3.71. The molecule has 0 radical (unpaired) electrons. The molecule has 0 aliphatic carbocycles. The van der Waals surface area contributed by atoms with Crippen molar-refractivity contribution in [1.29, 1.82) is 5.26 Å². The van der Waals surface area contributed by atoms with Gasteiger partial charge in [0.15, 0.2) is 0 Å². The highest BCUT2D eigenvalue weighted by atomic mass is 16.5. The van der Waals surface area contributed by atoms with Crippen molar-refractivity contribution in [3.8, 4) is 6.07 Å². The molecule has 1 fully saturated rings. The summed E-state index contributed by atoms with van der Waals surface area (Å²) < 4.78 is 5.39. The van der Waals surface area contributed by atoms with Crippen molar-refractivity contribution in [3.63, 3.8) is 0 Å². The molecule has 2 aromatic rings. The molecule has 0 saturated carbocycles. The van der Waals surface area contributed by atoms with Crippen LogP contribution in [0.15, 0.2) is 18.2 Å². The van der Waals surface area contributed by atoms with Gasteiger partial charge in [-0.25, -0.2) is 4.98 Å². The summed E-state index contributed by atoms with van der Waals surface area (Å²) >= 11 is 0. The number of nitrogens with zero attached hydrogens (tertiary/aromatic N) is 3. The molecule has 20 heavy (non-hydrogen) atoms. The van der Waals surface area contributed by atoms with E-state index in [1.807, 2.05) is 32.0 Å². The fourth-order valence-electron chi connectivity index (χ4n) is 2.79. The molecule has 1 aromatic carbocycles. The number of ether oxygens (including phenoxy) is 1. The minimum Gasteiger partial charge on any atom is -0.378 e. The van der Waals surface area contributed by atoms with E-state index in [0.717, 1.165) is 59.7 Å². The standard InChI is InChI=1S/C16H17N3O/c1-11-4-3-5-14-15(11)13(10-17)12(2)16(18-14)19-6-8-20-9-7-19/h3-5H,6-9H2,1-2H3. The fraction of sp³-hybridized carbons (Fsp3) is 0.375. The highest BCUT2D eigenvalue weighted by Gasteiger charge is 2.19. The maximum atomic E-state index is 9.54. The summed E-state index contributed by atoms with van der Waals surface area (Å²) in [5, 5.41) is 10.5. The van der Waals surface area contributed by atoms with Crippen LogP contribution in [0.2, 0.25) is 0 Å². The smallest absolute Gasteiger partial charge is 0.133 e. The van der Waals surface area contributed by atoms with Crippen molar-refractivity contribution in [2.24, 2.45) is 0 Å². The quantitative estimate of drug-likeness (QED) is 0.796. The SMILES string of the molecule is Cc1c(N2CCOCC2)nc2cccc(C)c2c1C#N. The van der Waals surface area contributed by atoms with Crippen LogP contribution in [0.25, 0.3) is 10.9 Å². The first-order valence-corrected chi connectivity index (χ1v) is 6.85. The van der Waals surface area contributed by atoms with Crippen molar-refractivity contribution in [3.05, 3.63) is 34.9 Å². The summed E-state index contributed by atoms with van der Waals surface area (Å²) in [6, 6.07) is 8.36. The number of morpholine rings is 1. The van der Waals surface area contributed by atoms with Crippen LogP contribution in [0.4, 0.5) is 5.82 Å². The third-order valence-corrected chi connectivity index (χ3v) is 3.86. The molecule has 0 atom stereocenters. The van der Waals surface area contributed by atoms with Crippen LogP contribution in [0.1, 0.15) is 16.7 Å². The van der Waals surface area contributed by atoms with Crippen molar-refractivity contribution < 1.29 is 4.74 Å². The molecule has 1 aromatic heterocycles. The average Bonchev–Trinajstić information content (AvgIpc) is 2.48. The molecular formula is C16H17N3O. The topological polar surface area (TPSA) is 49.1 Å². The summed E-state index contributed by atoms with van der Waals surface area (Å²) in [6.45, 7) is 7.11. The van der Waals surface area contributed by atoms with Gasteiger partial charge in [-0.3, -0.25) is 0 Å². The van der Waals surface area contributed by atoms with Crippen LogP contribution >= 0.6 is 0 Å². The van der Waals surface area contributed by atoms with E-state index in [1.54, 1.807) is 0 Å². The van der Waals surface area contributed by atoms with E-state index in [1.165, 1.54) is 0 Å². The van der Waals surface area contributed by atoms with Crippen LogP contribution in [0, 0.1) is 25.2 Å². The molecule has 1 aliphatic rings. The molecular weight excluding hydrogens is 250 g/mol. The number of anilines is 1. The van der Waals surface area contributed by atoms with E-state index in [2.05, 4.69) is 11.0 Å². The highest BCUT2D eigenvalue weighted by Crippen LogP contribution is 2.30. The molecule has 0 N–H and O–H groups in total. The molecule has 0 spiro atoms. The Morgan fingerprint density at radius 1 is 1.25 bits per heavy atom. The Kier molecular flexibility index (Phi) is 3.29. The number of nitriles is 1. The molecule has 0 bridgehead atoms. The third-order valence-electron chi connectivity index (χ3n) is 3.86. The van der Waals surface area contributed by atoms with E-state index < -0.39 is 0 Å². The maximum absolute atomic E-state index is 9.54. The van der Waals surface area contributed by atoms with Gasteiger partial charge >= 0.3 is 0 Å². The van der Waals surface area contributed by atoms with Crippen molar-refractivity contribution >= 4 is 16.7 Å². The van der Waals surface area contributed by atoms with Gasteiger partial charge in [-0.1, -0.05) is 12.1 Å². The number of rotatable bonds is 1. The Morgan fingerprint density at radius 3 is 2.70 bits per heavy atom. The second kappa shape index (κ2) is 5.10. The summed E-state index contributed by atoms with van der Waals surface area (Å²) in [5.74, 6) is 0.919. The normalized spacial score (nSPS) is 15.3. The second-order valence-corrected chi connectivity index (χ2v) is 5.12. The lowest BCUT2D eigenvalue weighted by Gasteiger charge is -2.29. The molecule has 4 heteroatoms. The number of hydrogen-bond acceptors (Lipinski definition) is 4. The number of aryl methyl sites for hydroxylation is 1.